The predicted octanol–water partition coefficient (Wildman–Crippen LogP) is 8.93. The Morgan fingerprint density at radius 2 is 1.02 bits per heavy atom. The molecule has 10 heteroatoms. The van der Waals surface area contributed by atoms with Gasteiger partial charge in [-0.2, -0.15) is 0 Å². The van der Waals surface area contributed by atoms with Gasteiger partial charge in [0.1, 0.15) is 23.7 Å². The molecule has 1 N–H and O–H groups in total. The quantitative estimate of drug-likeness (QED) is 0.101. The minimum absolute atomic E-state index is 0.0289. The number of hydrogen-bond donors (Lipinski definition) is 1. The highest BCUT2D eigenvalue weighted by molar-refractivity contribution is 6.74. The third-order valence-electron chi connectivity index (χ3n) is 10.2. The van der Waals surface area contributed by atoms with Gasteiger partial charge in [0.05, 0.1) is 52.9 Å². The molecule has 4 atom stereocenters. The summed E-state index contributed by atoms with van der Waals surface area (Å²) in [6, 6.07) is 15.6. The molecule has 0 aliphatic carbocycles. The zero-order chi connectivity index (χ0) is 37.0. The average Bonchev–Trinajstić information content (AvgIpc) is 3.03. The normalized spacial score (nSPS) is 15.4. The van der Waals surface area contributed by atoms with Crippen LogP contribution in [0.3, 0.4) is 0 Å². The molecule has 0 unspecified atom stereocenters. The second-order valence-corrected chi connectivity index (χ2v) is 25.7. The number of methoxy groups -OCH3 is 3. The number of rotatable bonds is 21. The molecule has 0 aliphatic heterocycles. The largest absolute Gasteiger partial charge is 0.497 e. The van der Waals surface area contributed by atoms with Crippen molar-refractivity contribution >= 4 is 16.6 Å². The van der Waals surface area contributed by atoms with Crippen molar-refractivity contribution < 1.29 is 37.6 Å². The van der Waals surface area contributed by atoms with Gasteiger partial charge in [0.15, 0.2) is 16.6 Å². The van der Waals surface area contributed by atoms with E-state index in [4.69, 9.17) is 32.5 Å². The Kier molecular flexibility index (Phi) is 16.7. The maximum absolute atomic E-state index is 11.6. The van der Waals surface area contributed by atoms with E-state index in [1.165, 1.54) is 0 Å². The maximum atomic E-state index is 11.6. The fourth-order valence-corrected chi connectivity index (χ4v) is 6.59. The van der Waals surface area contributed by atoms with Gasteiger partial charge in [0.25, 0.3) is 0 Å². The minimum Gasteiger partial charge on any atom is -0.497 e. The molecule has 8 nitrogen and oxygen atoms in total. The molecule has 0 bridgehead atoms. The van der Waals surface area contributed by atoms with E-state index in [1.807, 2.05) is 48.5 Å². The summed E-state index contributed by atoms with van der Waals surface area (Å²) < 4.78 is 42.7. The van der Waals surface area contributed by atoms with Gasteiger partial charge in [-0.15, -0.1) is 0 Å². The van der Waals surface area contributed by atoms with Crippen LogP contribution in [0.25, 0.3) is 0 Å². The van der Waals surface area contributed by atoms with Crippen molar-refractivity contribution in [1.82, 2.24) is 0 Å². The van der Waals surface area contributed by atoms with E-state index in [9.17, 15) is 5.11 Å². The van der Waals surface area contributed by atoms with Crippen molar-refractivity contribution in [2.24, 2.45) is 0 Å². The number of hydrogen-bond acceptors (Lipinski definition) is 8. The van der Waals surface area contributed by atoms with Gasteiger partial charge in [0, 0.05) is 7.11 Å². The molecule has 0 aliphatic rings. The predicted molar refractivity (Wildman–Crippen MR) is 205 cm³/mol. The van der Waals surface area contributed by atoms with E-state index in [-0.39, 0.29) is 22.3 Å². The summed E-state index contributed by atoms with van der Waals surface area (Å²) in [5, 5.41) is 11.7. The van der Waals surface area contributed by atoms with Crippen LogP contribution in [-0.2, 0) is 36.3 Å². The van der Waals surface area contributed by atoms with Crippen molar-refractivity contribution in [3.05, 3.63) is 71.8 Å². The van der Waals surface area contributed by atoms with Crippen molar-refractivity contribution in [3.63, 3.8) is 0 Å². The van der Waals surface area contributed by atoms with Crippen molar-refractivity contribution in [2.45, 2.75) is 128 Å². The summed E-state index contributed by atoms with van der Waals surface area (Å²) in [6.07, 6.45) is -1.21. The molecule has 0 amide bonds. The van der Waals surface area contributed by atoms with Gasteiger partial charge >= 0.3 is 0 Å². The highest BCUT2D eigenvalue weighted by Gasteiger charge is 2.40. The smallest absolute Gasteiger partial charge is 0.192 e. The highest BCUT2D eigenvalue weighted by Crippen LogP contribution is 2.38. The van der Waals surface area contributed by atoms with Crippen LogP contribution in [-0.4, -0.2) is 80.7 Å². The lowest BCUT2D eigenvalue weighted by Gasteiger charge is -2.38. The molecule has 49 heavy (non-hydrogen) atoms. The summed E-state index contributed by atoms with van der Waals surface area (Å²) in [5.41, 5.74) is 2.86. The van der Waals surface area contributed by atoms with Crippen LogP contribution in [0.1, 0.15) is 65.5 Å². The minimum atomic E-state index is -2.09. The first-order valence-electron chi connectivity index (χ1n) is 17.4. The highest BCUT2D eigenvalue weighted by atomic mass is 28.4. The van der Waals surface area contributed by atoms with Crippen LogP contribution >= 0.6 is 0 Å². The van der Waals surface area contributed by atoms with E-state index in [0.717, 1.165) is 28.2 Å². The second kappa shape index (κ2) is 19.0. The van der Waals surface area contributed by atoms with E-state index >= 15 is 0 Å². The monoisotopic (exact) mass is 718 g/mol. The molecule has 0 radical (unpaired) electrons. The summed E-state index contributed by atoms with van der Waals surface area (Å²) in [6.45, 7) is 28.0. The SMILES string of the molecule is C=C(C[C@H](O)[C@H](CO[Si](C)(C)C(C)(C)C)OCc1ccc(OC)cc1)C[C@@H](OC)[C@H](CO[Si](C)(C)C(C)(C)C)OCc1ccc(OC)cc1. The lowest BCUT2D eigenvalue weighted by atomic mass is 9.98. The zero-order valence-electron chi connectivity index (χ0n) is 32.7. The van der Waals surface area contributed by atoms with Crippen molar-refractivity contribution in [3.8, 4) is 11.5 Å². The summed E-state index contributed by atoms with van der Waals surface area (Å²) in [4.78, 5) is 0. The number of aliphatic hydroxyl groups excluding tert-OH is 1. The van der Waals surface area contributed by atoms with Gasteiger partial charge < -0.3 is 37.6 Å². The molecule has 2 aromatic carbocycles. The summed E-state index contributed by atoms with van der Waals surface area (Å²) in [5.74, 6) is 1.58. The van der Waals surface area contributed by atoms with Gasteiger partial charge in [-0.05, 0) is 84.5 Å². The Bertz CT molecular complexity index is 1250. The topological polar surface area (TPSA) is 84.8 Å². The molecule has 2 aromatic rings. The Labute approximate surface area is 299 Å². The molecule has 0 heterocycles. The number of aliphatic hydroxyl groups is 1. The van der Waals surface area contributed by atoms with Gasteiger partial charge in [-0.1, -0.05) is 78.0 Å². The van der Waals surface area contributed by atoms with Crippen LogP contribution in [0.2, 0.25) is 36.3 Å². The van der Waals surface area contributed by atoms with Gasteiger partial charge in [-0.25, -0.2) is 0 Å². The van der Waals surface area contributed by atoms with E-state index < -0.39 is 28.8 Å². The molecule has 0 fully saturated rings. The van der Waals surface area contributed by atoms with Crippen molar-refractivity contribution in [1.29, 1.82) is 0 Å². The maximum Gasteiger partial charge on any atom is 0.192 e. The second-order valence-electron chi connectivity index (χ2n) is 16.0. The van der Waals surface area contributed by atoms with E-state index in [0.29, 0.717) is 39.3 Å². The van der Waals surface area contributed by atoms with Crippen LogP contribution in [0, 0.1) is 0 Å². The fourth-order valence-electron chi connectivity index (χ4n) is 4.56. The van der Waals surface area contributed by atoms with Crippen LogP contribution in [0.4, 0.5) is 0 Å². The Morgan fingerprint density at radius 3 is 1.39 bits per heavy atom. The molecule has 278 valence electrons. The summed E-state index contributed by atoms with van der Waals surface area (Å²) >= 11 is 0. The lowest BCUT2D eigenvalue weighted by Crippen LogP contribution is -2.46. The van der Waals surface area contributed by atoms with Crippen LogP contribution in [0.5, 0.6) is 11.5 Å². The third-order valence-corrected chi connectivity index (χ3v) is 19.2. The molecule has 0 spiro atoms. The molecule has 2 rings (SSSR count). The van der Waals surface area contributed by atoms with Crippen molar-refractivity contribution in [2.75, 3.05) is 34.5 Å². The Hall–Kier alpha value is -2.03. The van der Waals surface area contributed by atoms with Crippen LogP contribution < -0.4 is 9.47 Å². The fraction of sp³-hybridized carbons (Fsp3) is 0.641. The molecular weight excluding hydrogens is 653 g/mol. The number of ether oxygens (including phenoxy) is 5. The van der Waals surface area contributed by atoms with E-state index in [2.05, 4.69) is 74.3 Å². The standard InChI is InChI=1S/C39H66O8Si2/c1-29(23-34(40)36(27-46-48(11,12)38(2,3)4)44-25-30-15-19-32(41-8)20-16-30)24-35(43-10)37(28-47-49(13,14)39(5,6)7)45-26-31-17-21-33(42-9)22-18-31/h15-22,34-37,40H,1,23-28H2,2-14H3/t34-,35+,36-,37-/m0/s1. The van der Waals surface area contributed by atoms with Gasteiger partial charge in [-0.3, -0.25) is 0 Å². The molecule has 0 saturated carbocycles. The molecule has 0 saturated heterocycles. The average molecular weight is 719 g/mol. The van der Waals surface area contributed by atoms with E-state index in [1.54, 1.807) is 21.3 Å². The first kappa shape index (κ1) is 43.1. The first-order chi connectivity index (χ1) is 22.7. The Morgan fingerprint density at radius 1 is 0.633 bits per heavy atom. The Balaban J connectivity index is 2.20. The lowest BCUT2D eigenvalue weighted by molar-refractivity contribution is -0.0849. The van der Waals surface area contributed by atoms with Crippen LogP contribution in [0.15, 0.2) is 60.7 Å². The number of benzene rings is 2. The zero-order valence-corrected chi connectivity index (χ0v) is 34.7. The third kappa shape index (κ3) is 13.9. The van der Waals surface area contributed by atoms with Gasteiger partial charge in [0.2, 0.25) is 0 Å². The molecule has 0 aromatic heterocycles. The molecular formula is C39H66O8Si2. The first-order valence-corrected chi connectivity index (χ1v) is 23.2. The summed E-state index contributed by atoms with van der Waals surface area (Å²) in [7, 11) is 0.852.